The molecule has 0 spiro atoms. The van der Waals surface area contributed by atoms with Gasteiger partial charge >= 0.3 is 0 Å². The number of likely N-dealkylation sites (tertiary alicyclic amines) is 1. The molecule has 4 heteroatoms. The minimum Gasteiger partial charge on any atom is -0.336 e. The Morgan fingerprint density at radius 3 is 3.07 bits per heavy atom. The highest BCUT2D eigenvalue weighted by molar-refractivity contribution is 6.16. The molecule has 0 radical (unpaired) electrons. The first-order valence-electron chi connectivity index (χ1n) is 5.56. The Bertz CT molecular complexity index is 311. The molecule has 1 aromatic heterocycles. The maximum absolute atomic E-state index is 5.73. The molecule has 1 aliphatic heterocycles. The Balaban J connectivity index is 1.95. The average Bonchev–Trinajstić information content (AvgIpc) is 2.69. The lowest BCUT2D eigenvalue weighted by atomic mass is 10.0. The van der Waals surface area contributed by atoms with Gasteiger partial charge in [0.15, 0.2) is 0 Å². The van der Waals surface area contributed by atoms with Crippen molar-refractivity contribution < 1.29 is 0 Å². The molecule has 0 aliphatic carbocycles. The Morgan fingerprint density at radius 2 is 2.40 bits per heavy atom. The molecule has 1 unspecified atom stereocenters. The maximum atomic E-state index is 5.73. The topological polar surface area (TPSA) is 21.1 Å². The number of halogens is 1. The molecule has 3 nitrogen and oxygen atoms in total. The fraction of sp³-hybridized carbons (Fsp3) is 0.727. The van der Waals surface area contributed by atoms with Crippen LogP contribution < -0.4 is 0 Å². The van der Waals surface area contributed by atoms with Gasteiger partial charge in [-0.15, -0.1) is 11.6 Å². The van der Waals surface area contributed by atoms with E-state index in [9.17, 15) is 0 Å². The van der Waals surface area contributed by atoms with E-state index in [4.69, 9.17) is 11.6 Å². The number of likely N-dealkylation sites (N-methyl/N-ethyl adjacent to an activating group) is 1. The predicted molar refractivity (Wildman–Crippen MR) is 62.1 cm³/mol. The molecule has 15 heavy (non-hydrogen) atoms. The summed E-state index contributed by atoms with van der Waals surface area (Å²) in [5.74, 6) is 0.507. The molecule has 2 rings (SSSR count). The monoisotopic (exact) mass is 227 g/mol. The lowest BCUT2D eigenvalue weighted by Crippen LogP contribution is -2.38. The third-order valence-electron chi connectivity index (χ3n) is 3.17. The van der Waals surface area contributed by atoms with Crippen LogP contribution in [0.2, 0.25) is 0 Å². The van der Waals surface area contributed by atoms with Crippen LogP contribution in [-0.4, -0.2) is 34.1 Å². The summed E-state index contributed by atoms with van der Waals surface area (Å²) in [4.78, 5) is 6.69. The second kappa shape index (κ2) is 4.99. The Labute approximate surface area is 96.0 Å². The van der Waals surface area contributed by atoms with Gasteiger partial charge in [-0.1, -0.05) is 6.42 Å². The van der Waals surface area contributed by atoms with Crippen molar-refractivity contribution in [2.75, 3.05) is 13.6 Å². The average molecular weight is 228 g/mol. The molecule has 1 aliphatic rings. The second-order valence-electron chi connectivity index (χ2n) is 4.33. The van der Waals surface area contributed by atoms with Crippen molar-refractivity contribution in [1.29, 1.82) is 0 Å². The predicted octanol–water partition coefficient (Wildman–Crippen LogP) is 2.11. The number of piperidine rings is 1. The number of hydrogen-bond donors (Lipinski definition) is 0. The van der Waals surface area contributed by atoms with Crippen molar-refractivity contribution >= 4 is 11.6 Å². The number of imidazole rings is 1. The Kier molecular flexibility index (Phi) is 3.65. The summed E-state index contributed by atoms with van der Waals surface area (Å²) >= 11 is 5.73. The Hall–Kier alpha value is -0.540. The van der Waals surface area contributed by atoms with E-state index in [-0.39, 0.29) is 0 Å². The highest BCUT2D eigenvalue weighted by atomic mass is 35.5. The molecule has 1 fully saturated rings. The number of nitrogens with zero attached hydrogens (tertiary/aromatic N) is 3. The summed E-state index contributed by atoms with van der Waals surface area (Å²) in [5.41, 5.74) is 0.968. The van der Waals surface area contributed by atoms with Crippen molar-refractivity contribution in [1.82, 2.24) is 14.5 Å². The maximum Gasteiger partial charge on any atom is 0.0950 e. The third-order valence-corrected chi connectivity index (χ3v) is 3.44. The van der Waals surface area contributed by atoms with E-state index in [2.05, 4.69) is 27.7 Å². The van der Waals surface area contributed by atoms with Crippen LogP contribution in [0.15, 0.2) is 12.5 Å². The highest BCUT2D eigenvalue weighted by Crippen LogP contribution is 2.16. The molecule has 1 atom stereocenters. The van der Waals surface area contributed by atoms with Crippen LogP contribution in [-0.2, 0) is 12.4 Å². The van der Waals surface area contributed by atoms with Crippen LogP contribution >= 0.6 is 11.6 Å². The van der Waals surface area contributed by atoms with Gasteiger partial charge in [-0.2, -0.15) is 0 Å². The summed E-state index contributed by atoms with van der Waals surface area (Å²) < 4.78 is 2.16. The van der Waals surface area contributed by atoms with E-state index in [1.165, 1.54) is 25.8 Å². The minimum atomic E-state index is 0.507. The van der Waals surface area contributed by atoms with Gasteiger partial charge in [0, 0.05) is 18.8 Å². The standard InChI is InChI=1S/C11H18ClN3/c1-14-5-3-2-4-11(14)8-15-7-10(6-12)13-9-15/h7,9,11H,2-6,8H2,1H3. The van der Waals surface area contributed by atoms with Gasteiger partial charge in [0.2, 0.25) is 0 Å². The minimum absolute atomic E-state index is 0.507. The molecule has 1 saturated heterocycles. The van der Waals surface area contributed by atoms with Crippen molar-refractivity contribution in [3.05, 3.63) is 18.2 Å². The summed E-state index contributed by atoms with van der Waals surface area (Å²) in [5, 5.41) is 0. The van der Waals surface area contributed by atoms with Crippen LogP contribution in [0.1, 0.15) is 25.0 Å². The molecule has 2 heterocycles. The molecule has 0 N–H and O–H groups in total. The largest absolute Gasteiger partial charge is 0.336 e. The molecule has 0 aromatic carbocycles. The van der Waals surface area contributed by atoms with Crippen molar-refractivity contribution in [2.45, 2.75) is 37.7 Å². The molecule has 0 bridgehead atoms. The molecule has 0 amide bonds. The molecule has 0 saturated carbocycles. The van der Waals surface area contributed by atoms with E-state index in [1.54, 1.807) is 0 Å². The quantitative estimate of drug-likeness (QED) is 0.738. The first-order chi connectivity index (χ1) is 7.29. The zero-order chi connectivity index (χ0) is 10.7. The number of hydrogen-bond acceptors (Lipinski definition) is 2. The van der Waals surface area contributed by atoms with Crippen molar-refractivity contribution in [3.63, 3.8) is 0 Å². The van der Waals surface area contributed by atoms with E-state index in [0.717, 1.165) is 12.2 Å². The summed E-state index contributed by atoms with van der Waals surface area (Å²) in [6.07, 6.45) is 7.93. The number of alkyl halides is 1. The first kappa shape index (κ1) is 11.0. The van der Waals surface area contributed by atoms with Gasteiger partial charge in [0.1, 0.15) is 0 Å². The zero-order valence-corrected chi connectivity index (χ0v) is 9.95. The van der Waals surface area contributed by atoms with Crippen LogP contribution in [0.5, 0.6) is 0 Å². The highest BCUT2D eigenvalue weighted by Gasteiger charge is 2.18. The summed E-state index contributed by atoms with van der Waals surface area (Å²) in [6.45, 7) is 2.27. The van der Waals surface area contributed by atoms with Gasteiger partial charge in [-0.3, -0.25) is 0 Å². The van der Waals surface area contributed by atoms with Crippen LogP contribution in [0, 0.1) is 0 Å². The summed E-state index contributed by atoms with van der Waals surface area (Å²) in [7, 11) is 2.21. The van der Waals surface area contributed by atoms with Gasteiger partial charge in [0.05, 0.1) is 17.9 Å². The number of rotatable bonds is 3. The third kappa shape index (κ3) is 2.73. The van der Waals surface area contributed by atoms with Gasteiger partial charge in [0.25, 0.3) is 0 Å². The van der Waals surface area contributed by atoms with E-state index < -0.39 is 0 Å². The van der Waals surface area contributed by atoms with E-state index in [0.29, 0.717) is 11.9 Å². The molecule has 84 valence electrons. The molecular weight excluding hydrogens is 210 g/mol. The number of aromatic nitrogens is 2. The summed E-state index contributed by atoms with van der Waals surface area (Å²) in [6, 6.07) is 0.663. The first-order valence-corrected chi connectivity index (χ1v) is 6.10. The lowest BCUT2D eigenvalue weighted by Gasteiger charge is -2.32. The SMILES string of the molecule is CN1CCCCC1Cn1cnc(CCl)c1. The van der Waals surface area contributed by atoms with Crippen LogP contribution in [0.4, 0.5) is 0 Å². The van der Waals surface area contributed by atoms with Gasteiger partial charge in [-0.05, 0) is 26.4 Å². The van der Waals surface area contributed by atoms with Crippen molar-refractivity contribution in [2.24, 2.45) is 0 Å². The lowest BCUT2D eigenvalue weighted by molar-refractivity contribution is 0.167. The van der Waals surface area contributed by atoms with Crippen LogP contribution in [0.25, 0.3) is 0 Å². The van der Waals surface area contributed by atoms with Crippen LogP contribution in [0.3, 0.4) is 0 Å². The smallest absolute Gasteiger partial charge is 0.0950 e. The molecular formula is C11H18ClN3. The van der Waals surface area contributed by atoms with E-state index in [1.807, 2.05) is 6.33 Å². The zero-order valence-electron chi connectivity index (χ0n) is 9.19. The Morgan fingerprint density at radius 1 is 1.53 bits per heavy atom. The fourth-order valence-electron chi connectivity index (χ4n) is 2.19. The van der Waals surface area contributed by atoms with Crippen molar-refractivity contribution in [3.8, 4) is 0 Å². The van der Waals surface area contributed by atoms with Gasteiger partial charge in [-0.25, -0.2) is 4.98 Å². The normalized spacial score (nSPS) is 23.2. The fourth-order valence-corrected chi connectivity index (χ4v) is 2.33. The van der Waals surface area contributed by atoms with Gasteiger partial charge < -0.3 is 9.47 Å². The van der Waals surface area contributed by atoms with E-state index >= 15 is 0 Å². The second-order valence-corrected chi connectivity index (χ2v) is 4.59. The molecule has 1 aromatic rings.